The van der Waals surface area contributed by atoms with E-state index in [2.05, 4.69) is 15.2 Å². The van der Waals surface area contributed by atoms with E-state index in [4.69, 9.17) is 14.2 Å². The number of aromatic nitrogens is 5. The zero-order chi connectivity index (χ0) is 32.6. The molecule has 1 fully saturated rings. The van der Waals surface area contributed by atoms with Crippen LogP contribution in [0.4, 0.5) is 4.39 Å². The number of sulfonamides is 1. The highest BCUT2D eigenvalue weighted by molar-refractivity contribution is 7.88. The number of carbonyl (C=O) groups excluding carboxylic acids is 1. The number of aryl methyl sites for hydroxylation is 1. The molecule has 2 aromatic heterocycles. The molecule has 1 saturated carbocycles. The molecule has 2 aromatic carbocycles. The summed E-state index contributed by atoms with van der Waals surface area (Å²) in [5.41, 5.74) is 2.61. The molecule has 0 N–H and O–H groups in total. The number of nitrogens with zero attached hydrogens (tertiary/aromatic N) is 6. The van der Waals surface area contributed by atoms with Gasteiger partial charge < -0.3 is 14.2 Å². The summed E-state index contributed by atoms with van der Waals surface area (Å²) in [6.07, 6.45) is 6.29. The number of carbonyl (C=O) groups is 1. The lowest BCUT2D eigenvalue weighted by Crippen LogP contribution is -2.51. The van der Waals surface area contributed by atoms with Gasteiger partial charge in [-0.25, -0.2) is 22.5 Å². The first-order valence-corrected chi connectivity index (χ1v) is 16.3. The van der Waals surface area contributed by atoms with Crippen molar-refractivity contribution in [1.82, 2.24) is 28.9 Å². The summed E-state index contributed by atoms with van der Waals surface area (Å²) in [5.74, 6) is 0.256. The monoisotopic (exact) mass is 650 g/mol. The molecule has 6 rings (SSSR count). The first kappa shape index (κ1) is 31.4. The summed E-state index contributed by atoms with van der Waals surface area (Å²) < 4.78 is 63.2. The maximum Gasteiger partial charge on any atom is 0.316 e. The molecule has 2 heterocycles. The minimum atomic E-state index is -4.23. The standard InChI is InChI=1S/C32H35FN6O6S/c1-5-45-30(40)32-16-22-18-35-39(25-11-8-24(33)9-12-25)28(22)14-23(32)7-10-26(17-32)38(46(41,42)31-34-20-37(2)36-31)19-21-6-13-27(43-3)15-29(21)44-4/h6,8-9,11-15,18,20,26H,5,7,10,16-17,19H2,1-4H3/t26-,32-/m0/s1. The zero-order valence-corrected chi connectivity index (χ0v) is 26.8. The number of fused-ring (bicyclic) bond motifs is 2. The predicted molar refractivity (Wildman–Crippen MR) is 165 cm³/mol. The summed E-state index contributed by atoms with van der Waals surface area (Å²) in [6, 6.07) is 10.6. The van der Waals surface area contributed by atoms with Gasteiger partial charge in [-0.15, -0.1) is 5.10 Å². The quantitative estimate of drug-likeness (QED) is 0.233. The van der Waals surface area contributed by atoms with Crippen molar-refractivity contribution < 1.29 is 31.8 Å². The fraction of sp³-hybridized carbons (Fsp3) is 0.375. The lowest BCUT2D eigenvalue weighted by Gasteiger charge is -2.45. The van der Waals surface area contributed by atoms with Crippen LogP contribution in [0.1, 0.15) is 43.0 Å². The number of hydrogen-bond acceptors (Lipinski definition) is 9. The fourth-order valence-corrected chi connectivity index (χ4v) is 7.96. The second kappa shape index (κ2) is 12.3. The second-order valence-corrected chi connectivity index (χ2v) is 13.2. The Morgan fingerprint density at radius 2 is 1.93 bits per heavy atom. The Morgan fingerprint density at radius 1 is 1.15 bits per heavy atom. The number of halogens is 1. The Balaban J connectivity index is 1.42. The van der Waals surface area contributed by atoms with Crippen LogP contribution in [0.3, 0.4) is 0 Å². The number of benzene rings is 2. The largest absolute Gasteiger partial charge is 0.497 e. The third-order valence-electron chi connectivity index (χ3n) is 8.72. The molecular weight excluding hydrogens is 615 g/mol. The Kier molecular flexibility index (Phi) is 8.42. The number of hydrogen-bond donors (Lipinski definition) is 0. The van der Waals surface area contributed by atoms with Crippen LogP contribution in [0, 0.1) is 11.2 Å². The maximum absolute atomic E-state index is 14.3. The van der Waals surface area contributed by atoms with Gasteiger partial charge in [-0.3, -0.25) is 9.48 Å². The number of methoxy groups -OCH3 is 2. The van der Waals surface area contributed by atoms with E-state index in [1.54, 1.807) is 62.3 Å². The first-order chi connectivity index (χ1) is 22.1. The van der Waals surface area contributed by atoms with Gasteiger partial charge in [0.25, 0.3) is 15.2 Å². The van der Waals surface area contributed by atoms with E-state index in [1.165, 1.54) is 34.6 Å². The third-order valence-corrected chi connectivity index (χ3v) is 10.4. The summed E-state index contributed by atoms with van der Waals surface area (Å²) in [6.45, 7) is 1.87. The van der Waals surface area contributed by atoms with Gasteiger partial charge in [-0.05, 0) is 74.6 Å². The number of esters is 1. The van der Waals surface area contributed by atoms with Crippen LogP contribution in [0.25, 0.3) is 11.8 Å². The first-order valence-electron chi connectivity index (χ1n) is 14.9. The van der Waals surface area contributed by atoms with Crippen molar-refractivity contribution in [1.29, 1.82) is 0 Å². The fourth-order valence-electron chi connectivity index (χ4n) is 6.46. The molecule has 2 aliphatic rings. The number of ether oxygens (including phenoxy) is 3. The van der Waals surface area contributed by atoms with Gasteiger partial charge in [0.1, 0.15) is 23.6 Å². The minimum Gasteiger partial charge on any atom is -0.497 e. The molecule has 0 spiro atoms. The highest BCUT2D eigenvalue weighted by Gasteiger charge is 2.52. The van der Waals surface area contributed by atoms with Crippen molar-refractivity contribution in [3.05, 3.63) is 83.2 Å². The summed E-state index contributed by atoms with van der Waals surface area (Å²) >= 11 is 0. The van der Waals surface area contributed by atoms with E-state index in [1.807, 2.05) is 6.08 Å². The molecule has 242 valence electrons. The van der Waals surface area contributed by atoms with Gasteiger partial charge in [-0.1, -0.05) is 11.6 Å². The van der Waals surface area contributed by atoms with Gasteiger partial charge in [-0.2, -0.15) is 9.40 Å². The molecule has 0 bridgehead atoms. The van der Waals surface area contributed by atoms with Gasteiger partial charge >= 0.3 is 5.97 Å². The zero-order valence-electron chi connectivity index (χ0n) is 26.0. The molecule has 0 aliphatic heterocycles. The molecule has 2 aliphatic carbocycles. The van der Waals surface area contributed by atoms with E-state index in [0.29, 0.717) is 35.6 Å². The van der Waals surface area contributed by atoms with E-state index in [0.717, 1.165) is 16.8 Å². The van der Waals surface area contributed by atoms with Crippen molar-refractivity contribution in [2.24, 2.45) is 12.5 Å². The Morgan fingerprint density at radius 3 is 2.61 bits per heavy atom. The molecular formula is C32H35FN6O6S. The molecule has 12 nitrogen and oxygen atoms in total. The normalized spacial score (nSPS) is 19.3. The predicted octanol–water partition coefficient (Wildman–Crippen LogP) is 4.09. The SMILES string of the molecule is CCOC(=O)[C@]12Cc3cnn(-c4ccc(F)cc4)c3C=C1CC[C@H](N(Cc1ccc(OC)cc1OC)S(=O)(=O)c1ncn(C)n1)C2. The van der Waals surface area contributed by atoms with Crippen molar-refractivity contribution in [2.45, 2.75) is 50.4 Å². The summed E-state index contributed by atoms with van der Waals surface area (Å²) in [4.78, 5) is 18.0. The van der Waals surface area contributed by atoms with Crippen LogP contribution in [-0.4, -0.2) is 70.1 Å². The van der Waals surface area contributed by atoms with Crippen LogP contribution in [0.15, 0.2) is 65.7 Å². The van der Waals surface area contributed by atoms with Gasteiger partial charge in [0.2, 0.25) is 0 Å². The Hall–Kier alpha value is -4.56. The molecule has 0 radical (unpaired) electrons. The molecule has 0 unspecified atom stereocenters. The van der Waals surface area contributed by atoms with E-state index in [9.17, 15) is 17.6 Å². The van der Waals surface area contributed by atoms with Crippen molar-refractivity contribution in [2.75, 3.05) is 20.8 Å². The van der Waals surface area contributed by atoms with Gasteiger partial charge in [0.15, 0.2) is 0 Å². The van der Waals surface area contributed by atoms with Crippen molar-refractivity contribution >= 4 is 22.1 Å². The molecule has 46 heavy (non-hydrogen) atoms. The molecule has 4 aromatic rings. The molecule has 14 heteroatoms. The van der Waals surface area contributed by atoms with E-state index >= 15 is 0 Å². The van der Waals surface area contributed by atoms with Crippen LogP contribution in [0.5, 0.6) is 11.5 Å². The summed E-state index contributed by atoms with van der Waals surface area (Å²) in [5, 5.41) is 8.36. The smallest absolute Gasteiger partial charge is 0.316 e. The Bertz CT molecular complexity index is 1900. The van der Waals surface area contributed by atoms with Crippen LogP contribution in [0.2, 0.25) is 0 Å². The van der Waals surface area contributed by atoms with Crippen LogP contribution < -0.4 is 9.47 Å². The molecule has 0 amide bonds. The van der Waals surface area contributed by atoms with Gasteiger partial charge in [0, 0.05) is 31.3 Å². The third kappa shape index (κ3) is 5.55. The molecule has 2 atom stereocenters. The average molecular weight is 651 g/mol. The minimum absolute atomic E-state index is 0.0515. The Labute approximate surface area is 266 Å². The number of rotatable bonds is 10. The lowest BCUT2D eigenvalue weighted by molar-refractivity contribution is -0.155. The maximum atomic E-state index is 14.3. The lowest BCUT2D eigenvalue weighted by atomic mass is 9.63. The highest BCUT2D eigenvalue weighted by atomic mass is 32.2. The summed E-state index contributed by atoms with van der Waals surface area (Å²) in [7, 11) is 0.418. The highest BCUT2D eigenvalue weighted by Crippen LogP contribution is 2.51. The van der Waals surface area contributed by atoms with Crippen molar-refractivity contribution in [3.63, 3.8) is 0 Å². The van der Waals surface area contributed by atoms with Crippen LogP contribution in [-0.2, 0) is 39.6 Å². The van der Waals surface area contributed by atoms with E-state index < -0.39 is 27.4 Å². The topological polar surface area (TPSA) is 131 Å². The van der Waals surface area contributed by atoms with Gasteiger partial charge in [0.05, 0.1) is 43.8 Å². The van der Waals surface area contributed by atoms with E-state index in [-0.39, 0.29) is 37.0 Å². The second-order valence-electron chi connectivity index (χ2n) is 11.4. The average Bonchev–Trinajstić information content (AvgIpc) is 3.68. The van der Waals surface area contributed by atoms with Crippen molar-refractivity contribution in [3.8, 4) is 17.2 Å². The van der Waals surface area contributed by atoms with Crippen LogP contribution >= 0.6 is 0 Å². The molecule has 0 saturated heterocycles.